The van der Waals surface area contributed by atoms with Crippen molar-refractivity contribution in [3.05, 3.63) is 12.2 Å². The van der Waals surface area contributed by atoms with Crippen LogP contribution in [0.4, 0.5) is 4.79 Å². The molecule has 206 valence electrons. The Labute approximate surface area is 218 Å². The number of Topliss-reactive ketones (excluding diaryl/α,β-unsaturated/α-hetero) is 1. The summed E-state index contributed by atoms with van der Waals surface area (Å²) in [7, 11) is 0. The van der Waals surface area contributed by atoms with Crippen molar-refractivity contribution >= 4 is 41.7 Å². The fraction of sp³-hybridized carbons (Fsp3) is 0.640. The quantitative estimate of drug-likeness (QED) is 0.114. The molecular formula is C25H39N5O7. The number of rotatable bonds is 18. The number of unbranched alkanes of at least 4 members (excludes halogenated alkanes) is 2. The Morgan fingerprint density at radius 3 is 2.24 bits per heavy atom. The van der Waals surface area contributed by atoms with Crippen molar-refractivity contribution in [3.8, 4) is 0 Å². The number of hydrogen-bond donors (Lipinski definition) is 4. The summed E-state index contributed by atoms with van der Waals surface area (Å²) in [6.07, 6.45) is 3.67. The lowest BCUT2D eigenvalue weighted by atomic mass is 9.89. The number of aldehydes is 1. The summed E-state index contributed by atoms with van der Waals surface area (Å²) in [6.45, 7) is 5.39. The molecule has 1 aliphatic heterocycles. The molecule has 0 unspecified atom stereocenters. The number of nitrogens with two attached hydrogens (primary N) is 1. The summed E-state index contributed by atoms with van der Waals surface area (Å²) in [5.41, 5.74) is 5.05. The third kappa shape index (κ3) is 11.8. The number of urea groups is 1. The first kappa shape index (κ1) is 29.7. The molecule has 3 atom stereocenters. The van der Waals surface area contributed by atoms with Crippen molar-refractivity contribution in [3.63, 3.8) is 0 Å². The van der Waals surface area contributed by atoms with E-state index in [4.69, 9.17) is 7.10 Å². The van der Waals surface area contributed by atoms with Crippen molar-refractivity contribution < 1.29 is 34.9 Å². The maximum Gasteiger partial charge on any atom is 0.312 e. The second-order valence-electron chi connectivity index (χ2n) is 9.41. The zero-order valence-electron chi connectivity index (χ0n) is 22.7. The number of nitrogens with one attached hydrogen (secondary N) is 3. The van der Waals surface area contributed by atoms with E-state index in [1.165, 1.54) is 19.1 Å². The Bertz CT molecular complexity index is 919. The Balaban J connectivity index is 2.63. The van der Waals surface area contributed by atoms with Gasteiger partial charge >= 0.3 is 6.03 Å². The van der Waals surface area contributed by atoms with Gasteiger partial charge in [-0.1, -0.05) is 20.3 Å². The smallest absolute Gasteiger partial charge is 0.312 e. The van der Waals surface area contributed by atoms with Gasteiger partial charge in [0, 0.05) is 44.0 Å². The lowest BCUT2D eigenvalue weighted by Crippen LogP contribution is -2.46. The molecule has 0 spiro atoms. The highest BCUT2D eigenvalue weighted by Gasteiger charge is 2.29. The normalized spacial score (nSPS) is 15.7. The van der Waals surface area contributed by atoms with E-state index >= 15 is 0 Å². The van der Waals surface area contributed by atoms with E-state index in [0.717, 1.165) is 4.90 Å². The first-order valence-electron chi connectivity index (χ1n) is 13.0. The van der Waals surface area contributed by atoms with Gasteiger partial charge in [0.15, 0.2) is 5.78 Å². The standard InChI is InChI=1S/C25H39N5O7/c1-16(2)23(29-20(33)9-5-4-6-13-30-21(34)10-11-22(30)35)19(32)14-18(8-7-12-27-25(26)37)24(36)28-17(3)15-31/h10-11,15-18,23H,4-9,12-14H2,1-3H3,(H,28,36)(H,29,33)(H3,26,27,37)/t17-,18+,23-/m0/s1/i15D. The van der Waals surface area contributed by atoms with Gasteiger partial charge in [-0.15, -0.1) is 0 Å². The van der Waals surface area contributed by atoms with Crippen LogP contribution < -0.4 is 21.7 Å². The summed E-state index contributed by atoms with van der Waals surface area (Å²) in [5.74, 6) is -3.01. The van der Waals surface area contributed by atoms with Crippen LogP contribution in [-0.4, -0.2) is 71.8 Å². The molecule has 0 radical (unpaired) electrons. The molecule has 0 aromatic carbocycles. The Morgan fingerprint density at radius 1 is 1.03 bits per heavy atom. The molecule has 0 fully saturated rings. The van der Waals surface area contributed by atoms with E-state index in [1.807, 2.05) is 0 Å². The number of carbonyl (C=O) groups excluding carboxylic acids is 7. The van der Waals surface area contributed by atoms with E-state index in [-0.39, 0.29) is 61.8 Å². The average Bonchev–Trinajstić information content (AvgIpc) is 3.15. The summed E-state index contributed by atoms with van der Waals surface area (Å²) < 4.78 is 7.15. The fourth-order valence-electron chi connectivity index (χ4n) is 3.86. The molecule has 5 N–H and O–H groups in total. The molecular weight excluding hydrogens is 482 g/mol. The van der Waals surface area contributed by atoms with E-state index in [9.17, 15) is 33.6 Å². The highest BCUT2D eigenvalue weighted by atomic mass is 16.2. The summed E-state index contributed by atoms with van der Waals surface area (Å²) >= 11 is 0. The molecule has 0 aromatic heterocycles. The molecule has 1 aliphatic rings. The van der Waals surface area contributed by atoms with Gasteiger partial charge in [-0.05, 0) is 38.5 Å². The molecule has 1 heterocycles. The predicted octanol–water partition coefficient (Wildman–Crippen LogP) is 0.340. The summed E-state index contributed by atoms with van der Waals surface area (Å²) in [5, 5.41) is 7.58. The van der Waals surface area contributed by atoms with Crippen LogP contribution >= 0.6 is 0 Å². The average molecular weight is 523 g/mol. The second kappa shape index (κ2) is 16.2. The molecule has 12 nitrogen and oxygen atoms in total. The SMILES string of the molecule is [2H]C(=O)[C@H](C)NC(=O)[C@H](CCCNC(N)=O)CC(=O)[C@@H](NC(=O)CCCCCN1C(=O)C=CC1=O)C(C)C. The topological polar surface area (TPSA) is 185 Å². The largest absolute Gasteiger partial charge is 0.352 e. The van der Waals surface area contributed by atoms with E-state index < -0.39 is 36.2 Å². The van der Waals surface area contributed by atoms with Gasteiger partial charge in [0.05, 0.1) is 12.1 Å². The first-order valence-corrected chi connectivity index (χ1v) is 12.5. The number of carbonyl (C=O) groups is 7. The van der Waals surface area contributed by atoms with Gasteiger partial charge in [-0.2, -0.15) is 0 Å². The molecule has 12 heteroatoms. The lowest BCUT2D eigenvalue weighted by molar-refractivity contribution is -0.137. The number of ketones is 1. The van der Waals surface area contributed by atoms with Gasteiger partial charge in [-0.3, -0.25) is 28.9 Å². The van der Waals surface area contributed by atoms with Crippen LogP contribution in [0, 0.1) is 11.8 Å². The minimum absolute atomic E-state index is 0.155. The van der Waals surface area contributed by atoms with Crippen LogP contribution in [0.2, 0.25) is 0 Å². The summed E-state index contributed by atoms with van der Waals surface area (Å²) in [4.78, 5) is 84.8. The zero-order chi connectivity index (χ0) is 28.8. The van der Waals surface area contributed by atoms with Crippen molar-refractivity contribution in [2.45, 2.75) is 77.8 Å². The van der Waals surface area contributed by atoms with Crippen LogP contribution in [0.5, 0.6) is 0 Å². The number of amides is 6. The second-order valence-corrected chi connectivity index (χ2v) is 9.41. The van der Waals surface area contributed by atoms with Crippen LogP contribution in [-0.2, 0) is 28.8 Å². The van der Waals surface area contributed by atoms with Crippen molar-refractivity contribution in [1.29, 1.82) is 0 Å². The van der Waals surface area contributed by atoms with Crippen LogP contribution in [0.15, 0.2) is 12.2 Å². The minimum Gasteiger partial charge on any atom is -0.352 e. The van der Waals surface area contributed by atoms with Crippen molar-refractivity contribution in [1.82, 2.24) is 20.9 Å². The molecule has 0 aromatic rings. The summed E-state index contributed by atoms with van der Waals surface area (Å²) in [6, 6.07) is -2.58. The van der Waals surface area contributed by atoms with Crippen molar-refractivity contribution in [2.75, 3.05) is 13.1 Å². The van der Waals surface area contributed by atoms with Gasteiger partial charge in [-0.25, -0.2) is 4.79 Å². The van der Waals surface area contributed by atoms with Crippen molar-refractivity contribution in [2.24, 2.45) is 17.6 Å². The maximum atomic E-state index is 13.1. The number of imide groups is 1. The predicted molar refractivity (Wildman–Crippen MR) is 135 cm³/mol. The number of nitrogens with zero attached hydrogens (tertiary/aromatic N) is 1. The molecule has 0 saturated carbocycles. The van der Waals surface area contributed by atoms with E-state index in [0.29, 0.717) is 25.7 Å². The molecule has 0 aliphatic carbocycles. The highest BCUT2D eigenvalue weighted by Crippen LogP contribution is 2.17. The monoisotopic (exact) mass is 522 g/mol. The Hall–Kier alpha value is -3.57. The maximum absolute atomic E-state index is 13.1. The van der Waals surface area contributed by atoms with Gasteiger partial charge in [0.25, 0.3) is 11.8 Å². The fourth-order valence-corrected chi connectivity index (χ4v) is 3.86. The van der Waals surface area contributed by atoms with Crippen LogP contribution in [0.25, 0.3) is 0 Å². The van der Waals surface area contributed by atoms with E-state index in [2.05, 4.69) is 16.0 Å². The zero-order valence-corrected chi connectivity index (χ0v) is 21.7. The van der Waals surface area contributed by atoms with Gasteiger partial charge in [0.2, 0.25) is 11.8 Å². The lowest BCUT2D eigenvalue weighted by Gasteiger charge is -2.24. The van der Waals surface area contributed by atoms with Gasteiger partial charge < -0.3 is 26.5 Å². The first-order chi connectivity index (χ1) is 17.8. The van der Waals surface area contributed by atoms with Crippen LogP contribution in [0.1, 0.15) is 67.1 Å². The molecule has 6 amide bonds. The van der Waals surface area contributed by atoms with Crippen LogP contribution in [0.3, 0.4) is 0 Å². The molecule has 1 rings (SSSR count). The molecule has 0 bridgehead atoms. The Kier molecular flexibility index (Phi) is 13.0. The molecule has 0 saturated heterocycles. The third-order valence-electron chi connectivity index (χ3n) is 5.90. The Morgan fingerprint density at radius 2 is 1.68 bits per heavy atom. The highest BCUT2D eigenvalue weighted by molar-refractivity contribution is 6.12. The third-order valence-corrected chi connectivity index (χ3v) is 5.90. The molecule has 37 heavy (non-hydrogen) atoms. The van der Waals surface area contributed by atoms with Gasteiger partial charge in [0.1, 0.15) is 7.63 Å². The minimum atomic E-state index is -1.04. The van der Waals surface area contributed by atoms with E-state index in [1.54, 1.807) is 13.8 Å². The number of primary amides is 1. The number of hydrogen-bond acceptors (Lipinski definition) is 7.